The molecule has 0 radical (unpaired) electrons. The van der Waals surface area contributed by atoms with E-state index in [4.69, 9.17) is 10.5 Å². The van der Waals surface area contributed by atoms with Crippen LogP contribution < -0.4 is 15.8 Å². The lowest BCUT2D eigenvalue weighted by Gasteiger charge is -2.07. The van der Waals surface area contributed by atoms with Crippen LogP contribution in [0.4, 0.5) is 5.69 Å². The van der Waals surface area contributed by atoms with Gasteiger partial charge in [0.2, 0.25) is 11.8 Å². The summed E-state index contributed by atoms with van der Waals surface area (Å²) in [6, 6.07) is 11.2. The topological polar surface area (TPSA) is 77.2 Å². The van der Waals surface area contributed by atoms with Gasteiger partial charge in [-0.1, -0.05) is 24.3 Å². The molecule has 21 heavy (non-hydrogen) atoms. The van der Waals surface area contributed by atoms with Crippen molar-refractivity contribution in [1.82, 2.24) is 4.98 Å². The van der Waals surface area contributed by atoms with Gasteiger partial charge in [0.05, 0.1) is 24.9 Å². The third-order valence-electron chi connectivity index (χ3n) is 2.94. The summed E-state index contributed by atoms with van der Waals surface area (Å²) in [5.74, 6) is 0.467. The molecule has 1 aromatic carbocycles. The number of aromatic nitrogens is 1. The summed E-state index contributed by atoms with van der Waals surface area (Å²) in [6.07, 6.45) is 1.90. The van der Waals surface area contributed by atoms with Crippen LogP contribution in [0.1, 0.15) is 18.1 Å². The standard InChI is InChI=1S/C16H19N3O2/c1-2-21-16-8-7-14(11-18-16)19-15(20)9-12-3-5-13(10-17)6-4-12/h3-8,11H,2,9-10,17H2,1H3,(H,19,20). The second-order valence-corrected chi connectivity index (χ2v) is 4.56. The summed E-state index contributed by atoms with van der Waals surface area (Å²) < 4.78 is 5.25. The van der Waals surface area contributed by atoms with E-state index < -0.39 is 0 Å². The Bertz CT molecular complexity index is 579. The van der Waals surface area contributed by atoms with Crippen LogP contribution >= 0.6 is 0 Å². The Balaban J connectivity index is 1.91. The van der Waals surface area contributed by atoms with Crippen LogP contribution in [0.2, 0.25) is 0 Å². The molecule has 1 amide bonds. The maximum absolute atomic E-state index is 12.0. The molecule has 1 heterocycles. The molecule has 0 saturated carbocycles. The van der Waals surface area contributed by atoms with E-state index in [1.165, 1.54) is 0 Å². The van der Waals surface area contributed by atoms with Gasteiger partial charge in [-0.15, -0.1) is 0 Å². The molecule has 0 aliphatic heterocycles. The van der Waals surface area contributed by atoms with E-state index in [2.05, 4.69) is 10.3 Å². The van der Waals surface area contributed by atoms with E-state index in [1.54, 1.807) is 18.3 Å². The van der Waals surface area contributed by atoms with Crippen LogP contribution in [0.15, 0.2) is 42.6 Å². The average molecular weight is 285 g/mol. The number of carbonyl (C=O) groups is 1. The lowest BCUT2D eigenvalue weighted by molar-refractivity contribution is -0.115. The molecule has 2 aromatic rings. The normalized spacial score (nSPS) is 10.2. The molecular weight excluding hydrogens is 266 g/mol. The minimum Gasteiger partial charge on any atom is -0.478 e. The van der Waals surface area contributed by atoms with Crippen molar-refractivity contribution in [3.63, 3.8) is 0 Å². The SMILES string of the molecule is CCOc1ccc(NC(=O)Cc2ccc(CN)cc2)cn1. The summed E-state index contributed by atoms with van der Waals surface area (Å²) in [6.45, 7) is 2.97. The zero-order chi connectivity index (χ0) is 15.1. The highest BCUT2D eigenvalue weighted by molar-refractivity contribution is 5.92. The molecule has 0 atom stereocenters. The molecule has 110 valence electrons. The molecule has 1 aromatic heterocycles. The fourth-order valence-electron chi connectivity index (χ4n) is 1.87. The predicted octanol–water partition coefficient (Wildman–Crippen LogP) is 2.12. The molecule has 0 fully saturated rings. The molecule has 0 aliphatic rings. The Hall–Kier alpha value is -2.40. The molecule has 0 spiro atoms. The number of hydrogen-bond donors (Lipinski definition) is 2. The van der Waals surface area contributed by atoms with Crippen LogP contribution in [-0.2, 0) is 17.8 Å². The Labute approximate surface area is 124 Å². The first-order valence-electron chi connectivity index (χ1n) is 6.88. The zero-order valence-electron chi connectivity index (χ0n) is 12.0. The fourth-order valence-corrected chi connectivity index (χ4v) is 1.87. The zero-order valence-corrected chi connectivity index (χ0v) is 12.0. The number of rotatable bonds is 6. The lowest BCUT2D eigenvalue weighted by atomic mass is 10.1. The van der Waals surface area contributed by atoms with Gasteiger partial charge in [-0.2, -0.15) is 0 Å². The van der Waals surface area contributed by atoms with Crippen LogP contribution in [-0.4, -0.2) is 17.5 Å². The van der Waals surface area contributed by atoms with Gasteiger partial charge in [0, 0.05) is 12.6 Å². The van der Waals surface area contributed by atoms with Crippen molar-refractivity contribution in [2.75, 3.05) is 11.9 Å². The molecule has 0 aliphatic carbocycles. The summed E-state index contributed by atoms with van der Waals surface area (Å²) in [5, 5.41) is 2.81. The van der Waals surface area contributed by atoms with Crippen LogP contribution in [0.5, 0.6) is 5.88 Å². The van der Waals surface area contributed by atoms with Gasteiger partial charge in [0.25, 0.3) is 0 Å². The Morgan fingerprint density at radius 1 is 1.19 bits per heavy atom. The van der Waals surface area contributed by atoms with Gasteiger partial charge in [-0.25, -0.2) is 4.98 Å². The van der Waals surface area contributed by atoms with E-state index in [1.807, 2.05) is 31.2 Å². The molecule has 5 nitrogen and oxygen atoms in total. The van der Waals surface area contributed by atoms with Gasteiger partial charge < -0.3 is 15.8 Å². The number of nitrogens with two attached hydrogens (primary N) is 1. The van der Waals surface area contributed by atoms with Crippen LogP contribution in [0.3, 0.4) is 0 Å². The van der Waals surface area contributed by atoms with Crippen LogP contribution in [0.25, 0.3) is 0 Å². The largest absolute Gasteiger partial charge is 0.478 e. The van der Waals surface area contributed by atoms with E-state index in [9.17, 15) is 4.79 Å². The lowest BCUT2D eigenvalue weighted by Crippen LogP contribution is -2.14. The first-order chi connectivity index (χ1) is 10.2. The Morgan fingerprint density at radius 3 is 2.48 bits per heavy atom. The van der Waals surface area contributed by atoms with Crippen molar-refractivity contribution in [1.29, 1.82) is 0 Å². The maximum Gasteiger partial charge on any atom is 0.228 e. The van der Waals surface area contributed by atoms with Crippen molar-refractivity contribution in [3.8, 4) is 5.88 Å². The average Bonchev–Trinajstić information content (AvgIpc) is 2.50. The van der Waals surface area contributed by atoms with Gasteiger partial charge in [0.15, 0.2) is 0 Å². The first kappa shape index (κ1) is 15.0. The molecule has 5 heteroatoms. The Kier molecular flexibility index (Phi) is 5.29. The molecular formula is C16H19N3O2. The number of anilines is 1. The van der Waals surface area contributed by atoms with Crippen molar-refractivity contribution < 1.29 is 9.53 Å². The molecule has 0 saturated heterocycles. The summed E-state index contributed by atoms with van der Waals surface area (Å²) in [4.78, 5) is 16.1. The number of benzene rings is 1. The Morgan fingerprint density at radius 2 is 1.90 bits per heavy atom. The van der Waals surface area contributed by atoms with E-state index in [0.717, 1.165) is 11.1 Å². The predicted molar refractivity (Wildman–Crippen MR) is 82.1 cm³/mol. The quantitative estimate of drug-likeness (QED) is 0.852. The van der Waals surface area contributed by atoms with Crippen molar-refractivity contribution >= 4 is 11.6 Å². The van der Waals surface area contributed by atoms with Crippen molar-refractivity contribution in [2.24, 2.45) is 5.73 Å². The minimum atomic E-state index is -0.0820. The fraction of sp³-hybridized carbons (Fsp3) is 0.250. The third kappa shape index (κ3) is 4.57. The number of carbonyl (C=O) groups excluding carboxylic acids is 1. The highest BCUT2D eigenvalue weighted by Crippen LogP contribution is 2.12. The molecule has 0 unspecified atom stereocenters. The minimum absolute atomic E-state index is 0.0820. The smallest absolute Gasteiger partial charge is 0.228 e. The van der Waals surface area contributed by atoms with Gasteiger partial charge in [-0.3, -0.25) is 4.79 Å². The summed E-state index contributed by atoms with van der Waals surface area (Å²) in [7, 11) is 0. The third-order valence-corrected chi connectivity index (χ3v) is 2.94. The van der Waals surface area contributed by atoms with Crippen molar-refractivity contribution in [2.45, 2.75) is 19.9 Å². The number of amides is 1. The molecule has 3 N–H and O–H groups in total. The van der Waals surface area contributed by atoms with E-state index in [-0.39, 0.29) is 5.91 Å². The molecule has 0 bridgehead atoms. The summed E-state index contributed by atoms with van der Waals surface area (Å²) >= 11 is 0. The molecule has 2 rings (SSSR count). The van der Waals surface area contributed by atoms with Gasteiger partial charge in [0.1, 0.15) is 0 Å². The first-order valence-corrected chi connectivity index (χ1v) is 6.88. The second kappa shape index (κ2) is 7.40. The van der Waals surface area contributed by atoms with Crippen molar-refractivity contribution in [3.05, 3.63) is 53.7 Å². The number of nitrogens with zero attached hydrogens (tertiary/aromatic N) is 1. The van der Waals surface area contributed by atoms with E-state index in [0.29, 0.717) is 31.1 Å². The number of pyridine rings is 1. The number of hydrogen-bond acceptors (Lipinski definition) is 4. The maximum atomic E-state index is 12.0. The summed E-state index contributed by atoms with van der Waals surface area (Å²) in [5.41, 5.74) is 8.19. The second-order valence-electron chi connectivity index (χ2n) is 4.56. The van der Waals surface area contributed by atoms with E-state index >= 15 is 0 Å². The number of nitrogens with one attached hydrogen (secondary N) is 1. The van der Waals surface area contributed by atoms with Gasteiger partial charge in [-0.05, 0) is 24.1 Å². The highest BCUT2D eigenvalue weighted by Gasteiger charge is 2.05. The van der Waals surface area contributed by atoms with Crippen LogP contribution in [0, 0.1) is 0 Å². The van der Waals surface area contributed by atoms with Gasteiger partial charge >= 0.3 is 0 Å². The monoisotopic (exact) mass is 285 g/mol. The number of ether oxygens (including phenoxy) is 1. The highest BCUT2D eigenvalue weighted by atomic mass is 16.5.